The van der Waals surface area contributed by atoms with Gasteiger partial charge in [0, 0.05) is 62.5 Å². The van der Waals surface area contributed by atoms with Crippen LogP contribution < -0.4 is 15.0 Å². The fourth-order valence-corrected chi connectivity index (χ4v) is 4.85. The molecule has 0 radical (unpaired) electrons. The summed E-state index contributed by atoms with van der Waals surface area (Å²) in [6.07, 6.45) is 10.5. The van der Waals surface area contributed by atoms with E-state index in [2.05, 4.69) is 32.3 Å². The molecule has 0 unspecified atom stereocenters. The SMILES string of the molecule is c1cnc2c(O[C@H]3CC[C@@H](NC4CCOCC4)CC3)cc(N3CCOCC3)cc2n1. The fraction of sp³-hybridized carbons (Fsp3) is 0.652. The van der Waals surface area contributed by atoms with E-state index < -0.39 is 0 Å². The number of fused-ring (bicyclic) bond motifs is 1. The summed E-state index contributed by atoms with van der Waals surface area (Å²) in [5.74, 6) is 0.864. The maximum Gasteiger partial charge on any atom is 0.149 e. The molecule has 5 rings (SSSR count). The van der Waals surface area contributed by atoms with E-state index in [0.29, 0.717) is 12.1 Å². The summed E-state index contributed by atoms with van der Waals surface area (Å²) in [7, 11) is 0. The van der Waals surface area contributed by atoms with Crippen LogP contribution in [-0.4, -0.2) is 67.7 Å². The van der Waals surface area contributed by atoms with Crippen LogP contribution in [0.15, 0.2) is 24.5 Å². The molecule has 0 bridgehead atoms. The van der Waals surface area contributed by atoms with Gasteiger partial charge < -0.3 is 24.4 Å². The Bertz CT molecular complexity index is 828. The van der Waals surface area contributed by atoms with Crippen molar-refractivity contribution in [2.45, 2.75) is 56.7 Å². The van der Waals surface area contributed by atoms with Crippen molar-refractivity contribution in [2.75, 3.05) is 44.4 Å². The number of nitrogens with one attached hydrogen (secondary N) is 1. The summed E-state index contributed by atoms with van der Waals surface area (Å²) in [6, 6.07) is 5.49. The highest BCUT2D eigenvalue weighted by Crippen LogP contribution is 2.33. The second-order valence-corrected chi connectivity index (χ2v) is 8.61. The number of morpholine rings is 1. The molecule has 1 saturated carbocycles. The molecule has 2 aromatic rings. The lowest BCUT2D eigenvalue weighted by molar-refractivity contribution is 0.0690. The van der Waals surface area contributed by atoms with Gasteiger partial charge in [0.25, 0.3) is 0 Å². The molecule has 7 nitrogen and oxygen atoms in total. The maximum atomic E-state index is 6.53. The predicted octanol–water partition coefficient (Wildman–Crippen LogP) is 2.93. The lowest BCUT2D eigenvalue weighted by Crippen LogP contribution is -2.44. The van der Waals surface area contributed by atoms with Crippen LogP contribution >= 0.6 is 0 Å². The van der Waals surface area contributed by atoms with Crippen molar-refractivity contribution in [3.63, 3.8) is 0 Å². The van der Waals surface area contributed by atoms with Gasteiger partial charge in [-0.3, -0.25) is 4.98 Å². The third kappa shape index (κ3) is 4.68. The normalized spacial score (nSPS) is 26.1. The molecule has 1 aromatic heterocycles. The van der Waals surface area contributed by atoms with Gasteiger partial charge >= 0.3 is 0 Å². The third-order valence-corrected chi connectivity index (χ3v) is 6.56. The first-order valence-corrected chi connectivity index (χ1v) is 11.4. The summed E-state index contributed by atoms with van der Waals surface area (Å²) in [5, 5.41) is 3.85. The van der Waals surface area contributed by atoms with Crippen molar-refractivity contribution in [3.8, 4) is 5.75 Å². The van der Waals surface area contributed by atoms with Crippen LogP contribution in [0.2, 0.25) is 0 Å². The minimum Gasteiger partial charge on any atom is -0.488 e. The lowest BCUT2D eigenvalue weighted by atomic mass is 9.91. The summed E-state index contributed by atoms with van der Waals surface area (Å²) >= 11 is 0. The molecule has 1 aromatic carbocycles. The van der Waals surface area contributed by atoms with Crippen LogP contribution in [0.5, 0.6) is 5.75 Å². The largest absolute Gasteiger partial charge is 0.488 e. The van der Waals surface area contributed by atoms with Gasteiger partial charge in [0.15, 0.2) is 0 Å². The highest BCUT2D eigenvalue weighted by Gasteiger charge is 2.26. The average Bonchev–Trinajstić information content (AvgIpc) is 2.81. The van der Waals surface area contributed by atoms with Crippen molar-refractivity contribution < 1.29 is 14.2 Å². The monoisotopic (exact) mass is 412 g/mol. The lowest BCUT2D eigenvalue weighted by Gasteiger charge is -2.34. The Hall–Kier alpha value is -1.96. The first-order valence-electron chi connectivity index (χ1n) is 11.4. The fourth-order valence-electron chi connectivity index (χ4n) is 4.85. The zero-order valence-electron chi connectivity index (χ0n) is 17.6. The zero-order valence-corrected chi connectivity index (χ0v) is 17.6. The van der Waals surface area contributed by atoms with Crippen LogP contribution in [0.25, 0.3) is 11.0 Å². The molecule has 162 valence electrons. The quantitative estimate of drug-likeness (QED) is 0.810. The van der Waals surface area contributed by atoms with E-state index in [1.165, 1.54) is 0 Å². The van der Waals surface area contributed by atoms with Crippen LogP contribution in [0.3, 0.4) is 0 Å². The van der Waals surface area contributed by atoms with Crippen molar-refractivity contribution in [1.29, 1.82) is 0 Å². The van der Waals surface area contributed by atoms with Gasteiger partial charge in [-0.25, -0.2) is 4.98 Å². The number of aromatic nitrogens is 2. The van der Waals surface area contributed by atoms with Crippen molar-refractivity contribution in [3.05, 3.63) is 24.5 Å². The molecule has 3 heterocycles. The molecule has 0 amide bonds. The van der Waals surface area contributed by atoms with Gasteiger partial charge in [0.1, 0.15) is 11.3 Å². The Morgan fingerprint density at radius 1 is 0.833 bits per heavy atom. The molecule has 0 atom stereocenters. The number of ether oxygens (including phenoxy) is 3. The average molecular weight is 413 g/mol. The van der Waals surface area contributed by atoms with Crippen LogP contribution in [0.1, 0.15) is 38.5 Å². The Morgan fingerprint density at radius 2 is 1.53 bits per heavy atom. The predicted molar refractivity (Wildman–Crippen MR) is 116 cm³/mol. The van der Waals surface area contributed by atoms with Crippen LogP contribution in [0.4, 0.5) is 5.69 Å². The van der Waals surface area contributed by atoms with E-state index in [9.17, 15) is 0 Å². The van der Waals surface area contributed by atoms with Gasteiger partial charge in [0.05, 0.1) is 24.8 Å². The molecular weight excluding hydrogens is 380 g/mol. The van der Waals surface area contributed by atoms with E-state index in [0.717, 1.165) is 101 Å². The Balaban J connectivity index is 1.25. The highest BCUT2D eigenvalue weighted by atomic mass is 16.5. The summed E-state index contributed by atoms with van der Waals surface area (Å²) in [4.78, 5) is 11.5. The number of nitrogens with zero attached hydrogens (tertiary/aromatic N) is 3. The Labute approximate surface area is 178 Å². The molecule has 2 saturated heterocycles. The molecule has 1 N–H and O–H groups in total. The molecule has 30 heavy (non-hydrogen) atoms. The van der Waals surface area contributed by atoms with Gasteiger partial charge in [-0.05, 0) is 44.6 Å². The molecule has 2 aliphatic heterocycles. The van der Waals surface area contributed by atoms with Crippen molar-refractivity contribution >= 4 is 16.7 Å². The van der Waals surface area contributed by atoms with Gasteiger partial charge in [-0.1, -0.05) is 0 Å². The number of hydrogen-bond acceptors (Lipinski definition) is 7. The van der Waals surface area contributed by atoms with Crippen molar-refractivity contribution in [1.82, 2.24) is 15.3 Å². The second-order valence-electron chi connectivity index (χ2n) is 8.61. The summed E-state index contributed by atoms with van der Waals surface area (Å²) in [6.45, 7) is 5.10. The van der Waals surface area contributed by atoms with Gasteiger partial charge in [-0.15, -0.1) is 0 Å². The van der Waals surface area contributed by atoms with E-state index in [1.54, 1.807) is 12.4 Å². The molecule has 3 aliphatic rings. The van der Waals surface area contributed by atoms with Crippen molar-refractivity contribution in [2.24, 2.45) is 0 Å². The Morgan fingerprint density at radius 3 is 2.33 bits per heavy atom. The van der Waals surface area contributed by atoms with E-state index in [1.807, 2.05) is 0 Å². The number of anilines is 1. The molecular formula is C23H32N4O3. The maximum absolute atomic E-state index is 6.53. The van der Waals surface area contributed by atoms with Gasteiger partial charge in [0.2, 0.25) is 0 Å². The van der Waals surface area contributed by atoms with Gasteiger partial charge in [-0.2, -0.15) is 0 Å². The number of rotatable bonds is 5. The third-order valence-electron chi connectivity index (χ3n) is 6.56. The molecule has 7 heteroatoms. The van der Waals surface area contributed by atoms with E-state index in [4.69, 9.17) is 14.2 Å². The number of benzene rings is 1. The first-order chi connectivity index (χ1) is 14.8. The molecule has 1 aliphatic carbocycles. The summed E-state index contributed by atoms with van der Waals surface area (Å²) in [5.41, 5.74) is 2.90. The standard InChI is InChI=1S/C23H32N4O3/c1-3-20(4-2-17(1)26-18-5-11-28-12-6-18)30-22-16-19(27-9-13-29-14-10-27)15-21-23(22)25-8-7-24-21/h7-8,15-18,20,26H,1-6,9-14H2/t17-,20+. The molecule has 0 spiro atoms. The van der Waals surface area contributed by atoms with E-state index in [-0.39, 0.29) is 6.10 Å². The highest BCUT2D eigenvalue weighted by molar-refractivity contribution is 5.85. The van der Waals surface area contributed by atoms with Crippen LogP contribution in [-0.2, 0) is 9.47 Å². The second kappa shape index (κ2) is 9.45. The Kier molecular flexibility index (Phi) is 6.29. The minimum absolute atomic E-state index is 0.239. The van der Waals surface area contributed by atoms with E-state index >= 15 is 0 Å². The van der Waals surface area contributed by atoms with Crippen LogP contribution in [0, 0.1) is 0 Å². The number of hydrogen-bond donors (Lipinski definition) is 1. The zero-order chi connectivity index (χ0) is 20.2. The molecule has 3 fully saturated rings. The topological polar surface area (TPSA) is 68.7 Å². The first kappa shape index (κ1) is 20.0. The summed E-state index contributed by atoms with van der Waals surface area (Å²) < 4.78 is 17.5. The smallest absolute Gasteiger partial charge is 0.149 e. The minimum atomic E-state index is 0.239.